The van der Waals surface area contributed by atoms with Crippen LogP contribution in [0.2, 0.25) is 0 Å². The van der Waals surface area contributed by atoms with E-state index in [1.807, 2.05) is 0 Å². The zero-order valence-corrected chi connectivity index (χ0v) is 10.7. The van der Waals surface area contributed by atoms with Gasteiger partial charge in [-0.2, -0.15) is 0 Å². The number of nitrogens with zero attached hydrogens (tertiary/aromatic N) is 1. The normalized spacial score (nSPS) is 21.1. The lowest BCUT2D eigenvalue weighted by atomic mass is 10.0. The number of carbonyl (C=O) groups excluding carboxylic acids is 1. The van der Waals surface area contributed by atoms with Crippen LogP contribution in [0.25, 0.3) is 0 Å². The molecule has 0 aromatic heterocycles. The molecule has 94 valence electrons. The van der Waals surface area contributed by atoms with Gasteiger partial charge in [0.2, 0.25) is 5.91 Å². The van der Waals surface area contributed by atoms with Gasteiger partial charge in [-0.3, -0.25) is 9.69 Å². The van der Waals surface area contributed by atoms with Crippen molar-refractivity contribution < 1.29 is 4.79 Å². The van der Waals surface area contributed by atoms with Crippen LogP contribution in [-0.2, 0) is 4.79 Å². The Labute approximate surface area is 98.6 Å². The summed E-state index contributed by atoms with van der Waals surface area (Å²) in [6.07, 6.45) is 2.56. The van der Waals surface area contributed by atoms with Gasteiger partial charge in [0, 0.05) is 12.6 Å². The molecule has 0 aromatic rings. The molecule has 1 aliphatic rings. The summed E-state index contributed by atoms with van der Waals surface area (Å²) in [4.78, 5) is 13.9. The number of nitrogens with one attached hydrogen (secondary N) is 1. The van der Waals surface area contributed by atoms with Gasteiger partial charge in [-0.25, -0.2) is 0 Å². The predicted octanol–water partition coefficient (Wildman–Crippen LogP) is 0.570. The van der Waals surface area contributed by atoms with Gasteiger partial charge in [0.25, 0.3) is 0 Å². The molecule has 0 aromatic carbocycles. The SMILES string of the molecule is CC(N)C(=O)NCC(C(C)C)N1CCCC1. The molecule has 2 atom stereocenters. The van der Waals surface area contributed by atoms with Crippen LogP contribution >= 0.6 is 0 Å². The third-order valence-corrected chi connectivity index (χ3v) is 3.28. The van der Waals surface area contributed by atoms with Gasteiger partial charge in [-0.05, 0) is 38.8 Å². The van der Waals surface area contributed by atoms with E-state index in [2.05, 4.69) is 24.1 Å². The Bertz CT molecular complexity index is 222. The van der Waals surface area contributed by atoms with Gasteiger partial charge in [0.1, 0.15) is 0 Å². The average molecular weight is 227 g/mol. The standard InChI is InChI=1S/C12H25N3O/c1-9(2)11(15-6-4-5-7-15)8-14-12(16)10(3)13/h9-11H,4-8,13H2,1-3H3,(H,14,16). The van der Waals surface area contributed by atoms with Gasteiger partial charge in [-0.1, -0.05) is 13.8 Å². The molecule has 1 aliphatic heterocycles. The van der Waals surface area contributed by atoms with Crippen molar-refractivity contribution in [2.24, 2.45) is 11.7 Å². The molecule has 3 N–H and O–H groups in total. The van der Waals surface area contributed by atoms with E-state index < -0.39 is 6.04 Å². The first-order chi connectivity index (χ1) is 7.52. The van der Waals surface area contributed by atoms with E-state index in [0.29, 0.717) is 12.0 Å². The van der Waals surface area contributed by atoms with Crippen molar-refractivity contribution in [3.05, 3.63) is 0 Å². The Morgan fingerprint density at radius 2 is 1.88 bits per heavy atom. The molecule has 1 amide bonds. The van der Waals surface area contributed by atoms with E-state index in [1.165, 1.54) is 12.8 Å². The fraction of sp³-hybridized carbons (Fsp3) is 0.917. The minimum atomic E-state index is -0.411. The molecule has 1 fully saturated rings. The van der Waals surface area contributed by atoms with Crippen molar-refractivity contribution in [1.82, 2.24) is 10.2 Å². The molecule has 2 unspecified atom stereocenters. The van der Waals surface area contributed by atoms with E-state index in [1.54, 1.807) is 6.92 Å². The molecular weight excluding hydrogens is 202 g/mol. The van der Waals surface area contributed by atoms with Crippen LogP contribution in [0.1, 0.15) is 33.6 Å². The van der Waals surface area contributed by atoms with E-state index in [9.17, 15) is 4.79 Å². The Morgan fingerprint density at radius 1 is 1.31 bits per heavy atom. The molecule has 0 spiro atoms. The van der Waals surface area contributed by atoms with Crippen LogP contribution < -0.4 is 11.1 Å². The highest BCUT2D eigenvalue weighted by Crippen LogP contribution is 2.16. The van der Waals surface area contributed by atoms with Gasteiger partial charge in [-0.15, -0.1) is 0 Å². The number of rotatable bonds is 5. The van der Waals surface area contributed by atoms with Crippen molar-refractivity contribution in [3.8, 4) is 0 Å². The second-order valence-electron chi connectivity index (χ2n) is 5.09. The summed E-state index contributed by atoms with van der Waals surface area (Å²) in [5, 5.41) is 2.93. The minimum absolute atomic E-state index is 0.0511. The molecule has 0 saturated carbocycles. The number of amides is 1. The third-order valence-electron chi connectivity index (χ3n) is 3.28. The van der Waals surface area contributed by atoms with Gasteiger partial charge < -0.3 is 11.1 Å². The lowest BCUT2D eigenvalue weighted by Crippen LogP contribution is -2.48. The fourth-order valence-corrected chi connectivity index (χ4v) is 2.23. The highest BCUT2D eigenvalue weighted by Gasteiger charge is 2.25. The first kappa shape index (κ1) is 13.5. The monoisotopic (exact) mass is 227 g/mol. The van der Waals surface area contributed by atoms with Crippen molar-refractivity contribution in [2.45, 2.75) is 45.7 Å². The second-order valence-corrected chi connectivity index (χ2v) is 5.09. The number of carbonyl (C=O) groups is 1. The van der Waals surface area contributed by atoms with Crippen LogP contribution in [0.4, 0.5) is 0 Å². The molecule has 0 radical (unpaired) electrons. The van der Waals surface area contributed by atoms with Crippen LogP contribution in [-0.4, -0.2) is 42.5 Å². The second kappa shape index (κ2) is 6.21. The Balaban J connectivity index is 2.42. The lowest BCUT2D eigenvalue weighted by molar-refractivity contribution is -0.122. The van der Waals surface area contributed by atoms with Gasteiger partial charge >= 0.3 is 0 Å². The summed E-state index contributed by atoms with van der Waals surface area (Å²) >= 11 is 0. The molecule has 1 heterocycles. The zero-order valence-electron chi connectivity index (χ0n) is 10.7. The summed E-state index contributed by atoms with van der Waals surface area (Å²) in [5.74, 6) is 0.510. The van der Waals surface area contributed by atoms with Gasteiger partial charge in [0.15, 0.2) is 0 Å². The third kappa shape index (κ3) is 3.76. The maximum Gasteiger partial charge on any atom is 0.236 e. The minimum Gasteiger partial charge on any atom is -0.353 e. The Kier molecular flexibility index (Phi) is 5.22. The molecule has 4 nitrogen and oxygen atoms in total. The maximum atomic E-state index is 11.4. The molecule has 0 bridgehead atoms. The zero-order chi connectivity index (χ0) is 12.1. The van der Waals surface area contributed by atoms with Crippen molar-refractivity contribution >= 4 is 5.91 Å². The van der Waals surface area contributed by atoms with Crippen LogP contribution in [0.3, 0.4) is 0 Å². The van der Waals surface area contributed by atoms with Crippen LogP contribution in [0.5, 0.6) is 0 Å². The quantitative estimate of drug-likeness (QED) is 0.722. The van der Waals surface area contributed by atoms with Crippen molar-refractivity contribution in [1.29, 1.82) is 0 Å². The first-order valence-electron chi connectivity index (χ1n) is 6.29. The average Bonchev–Trinajstić information content (AvgIpc) is 2.70. The Hall–Kier alpha value is -0.610. The van der Waals surface area contributed by atoms with Gasteiger partial charge in [0.05, 0.1) is 6.04 Å². The van der Waals surface area contributed by atoms with Crippen molar-refractivity contribution in [3.63, 3.8) is 0 Å². The smallest absolute Gasteiger partial charge is 0.236 e. The first-order valence-corrected chi connectivity index (χ1v) is 6.29. The highest BCUT2D eigenvalue weighted by atomic mass is 16.2. The Morgan fingerprint density at radius 3 is 2.31 bits per heavy atom. The maximum absolute atomic E-state index is 11.4. The van der Waals surface area contributed by atoms with E-state index in [0.717, 1.165) is 19.6 Å². The summed E-state index contributed by atoms with van der Waals surface area (Å²) in [6, 6.07) is 0.0385. The molecule has 1 saturated heterocycles. The molecular formula is C12H25N3O. The summed E-state index contributed by atoms with van der Waals surface area (Å²) in [5.41, 5.74) is 5.53. The topological polar surface area (TPSA) is 58.4 Å². The summed E-state index contributed by atoms with van der Waals surface area (Å²) in [7, 11) is 0. The number of nitrogens with two attached hydrogens (primary N) is 1. The fourth-order valence-electron chi connectivity index (χ4n) is 2.23. The number of hydrogen-bond acceptors (Lipinski definition) is 3. The molecule has 4 heteroatoms. The predicted molar refractivity (Wildman–Crippen MR) is 66.1 cm³/mol. The lowest BCUT2D eigenvalue weighted by Gasteiger charge is -2.31. The largest absolute Gasteiger partial charge is 0.353 e. The summed E-state index contributed by atoms with van der Waals surface area (Å²) in [6.45, 7) is 9.18. The van der Waals surface area contributed by atoms with Crippen LogP contribution in [0, 0.1) is 5.92 Å². The molecule has 16 heavy (non-hydrogen) atoms. The molecule has 1 rings (SSSR count). The number of likely N-dealkylation sites (tertiary alicyclic amines) is 1. The molecule has 0 aliphatic carbocycles. The summed E-state index contributed by atoms with van der Waals surface area (Å²) < 4.78 is 0. The van der Waals surface area contributed by atoms with Crippen LogP contribution in [0.15, 0.2) is 0 Å². The van der Waals surface area contributed by atoms with E-state index in [-0.39, 0.29) is 5.91 Å². The number of hydrogen-bond donors (Lipinski definition) is 2. The van der Waals surface area contributed by atoms with E-state index >= 15 is 0 Å². The highest BCUT2D eigenvalue weighted by molar-refractivity contribution is 5.80. The van der Waals surface area contributed by atoms with E-state index in [4.69, 9.17) is 5.73 Å². The van der Waals surface area contributed by atoms with Crippen molar-refractivity contribution in [2.75, 3.05) is 19.6 Å².